The molecule has 0 aliphatic carbocycles. The van der Waals surface area contributed by atoms with E-state index in [1.165, 1.54) is 32.1 Å². The summed E-state index contributed by atoms with van der Waals surface area (Å²) in [5.41, 5.74) is -2.78. The zero-order chi connectivity index (χ0) is 19.3. The smallest absolute Gasteiger partial charge is 0.337 e. The number of hydrogen-bond acceptors (Lipinski definition) is 4. The van der Waals surface area contributed by atoms with Crippen molar-refractivity contribution >= 4 is 55.6 Å². The summed E-state index contributed by atoms with van der Waals surface area (Å²) in [6.07, 6.45) is 9.26. The van der Waals surface area contributed by atoms with E-state index in [1.807, 2.05) is 0 Å². The Morgan fingerprint density at radius 3 is 1.58 bits per heavy atom. The van der Waals surface area contributed by atoms with Crippen LogP contribution >= 0.6 is 0 Å². The molecule has 2 radical (unpaired) electrons. The summed E-state index contributed by atoms with van der Waals surface area (Å²) in [5, 5.41) is 37.1. The second kappa shape index (κ2) is 15.7. The van der Waals surface area contributed by atoms with Gasteiger partial charge in [0.25, 0.3) is 0 Å². The maximum absolute atomic E-state index is 11.3. The van der Waals surface area contributed by atoms with Crippen LogP contribution < -0.4 is 0 Å². The normalized spacial score (nSPS) is 14.1. The second-order valence-corrected chi connectivity index (χ2v) is 6.66. The SMILES string of the molecule is CCCCCCCCCCCCC(C(=O)O)C(O)(CC(=O)O)C(=O)O.[Ca]. The molecule has 2 atom stereocenters. The quantitative estimate of drug-likeness (QED) is 0.231. The first kappa shape index (κ1) is 27.8. The van der Waals surface area contributed by atoms with Crippen molar-refractivity contribution in [1.82, 2.24) is 0 Å². The van der Waals surface area contributed by atoms with Crippen molar-refractivity contribution in [3.63, 3.8) is 0 Å². The van der Waals surface area contributed by atoms with E-state index in [-0.39, 0.29) is 44.2 Å². The van der Waals surface area contributed by atoms with E-state index in [1.54, 1.807) is 0 Å². The molecule has 0 spiro atoms. The van der Waals surface area contributed by atoms with Gasteiger partial charge in [-0.2, -0.15) is 0 Å². The number of aliphatic carboxylic acids is 3. The van der Waals surface area contributed by atoms with Gasteiger partial charge in [-0.15, -0.1) is 0 Å². The van der Waals surface area contributed by atoms with Crippen molar-refractivity contribution in [3.05, 3.63) is 0 Å². The van der Waals surface area contributed by atoms with Crippen molar-refractivity contribution in [2.24, 2.45) is 5.92 Å². The van der Waals surface area contributed by atoms with Crippen LogP contribution in [0.2, 0.25) is 0 Å². The van der Waals surface area contributed by atoms with Crippen molar-refractivity contribution in [3.8, 4) is 0 Å². The minimum atomic E-state index is -2.78. The van der Waals surface area contributed by atoms with Gasteiger partial charge in [0.2, 0.25) is 0 Å². The van der Waals surface area contributed by atoms with Gasteiger partial charge in [-0.1, -0.05) is 71.1 Å². The molecule has 26 heavy (non-hydrogen) atoms. The van der Waals surface area contributed by atoms with Gasteiger partial charge >= 0.3 is 17.9 Å². The van der Waals surface area contributed by atoms with Crippen LogP contribution in [0.4, 0.5) is 0 Å². The van der Waals surface area contributed by atoms with Crippen LogP contribution in [0.1, 0.15) is 84.0 Å². The largest absolute Gasteiger partial charge is 0.481 e. The zero-order valence-corrected chi connectivity index (χ0v) is 18.0. The molecule has 148 valence electrons. The first-order valence-corrected chi connectivity index (χ1v) is 9.16. The van der Waals surface area contributed by atoms with Crippen LogP contribution in [-0.2, 0) is 14.4 Å². The average molecular weight is 401 g/mol. The third-order valence-electron chi connectivity index (χ3n) is 4.51. The number of carbonyl (C=O) groups is 3. The van der Waals surface area contributed by atoms with E-state index in [9.17, 15) is 24.6 Å². The third-order valence-corrected chi connectivity index (χ3v) is 4.51. The fourth-order valence-electron chi connectivity index (χ4n) is 2.98. The van der Waals surface area contributed by atoms with E-state index in [0.717, 1.165) is 25.7 Å². The van der Waals surface area contributed by atoms with E-state index in [2.05, 4.69) is 6.92 Å². The van der Waals surface area contributed by atoms with E-state index in [4.69, 9.17) is 10.2 Å². The summed E-state index contributed by atoms with van der Waals surface area (Å²) in [6, 6.07) is 0. The molecule has 0 aliphatic rings. The number of carboxylic acid groups (broad SMARTS) is 3. The van der Waals surface area contributed by atoms with Crippen LogP contribution in [0.15, 0.2) is 0 Å². The molecule has 0 rings (SSSR count). The predicted octanol–water partition coefficient (Wildman–Crippen LogP) is 2.91. The first-order valence-electron chi connectivity index (χ1n) is 9.16. The first-order chi connectivity index (χ1) is 11.8. The van der Waals surface area contributed by atoms with Crippen molar-refractivity contribution in [2.45, 2.75) is 89.6 Å². The van der Waals surface area contributed by atoms with Crippen LogP contribution in [0, 0.1) is 5.92 Å². The predicted molar refractivity (Wildman–Crippen MR) is 98.2 cm³/mol. The van der Waals surface area contributed by atoms with Crippen molar-refractivity contribution in [2.75, 3.05) is 0 Å². The van der Waals surface area contributed by atoms with Crippen LogP contribution in [-0.4, -0.2) is 81.7 Å². The van der Waals surface area contributed by atoms with Gasteiger partial charge in [0.1, 0.15) is 0 Å². The second-order valence-electron chi connectivity index (χ2n) is 6.66. The van der Waals surface area contributed by atoms with Gasteiger partial charge < -0.3 is 20.4 Å². The van der Waals surface area contributed by atoms with Crippen LogP contribution in [0.5, 0.6) is 0 Å². The summed E-state index contributed by atoms with van der Waals surface area (Å²) in [6.45, 7) is 2.17. The van der Waals surface area contributed by atoms with Gasteiger partial charge in [-0.05, 0) is 6.42 Å². The van der Waals surface area contributed by atoms with E-state index < -0.39 is 35.8 Å². The number of aliphatic hydroxyl groups is 1. The van der Waals surface area contributed by atoms with Gasteiger partial charge in [-0.3, -0.25) is 9.59 Å². The van der Waals surface area contributed by atoms with E-state index >= 15 is 0 Å². The number of carboxylic acids is 3. The summed E-state index contributed by atoms with van der Waals surface area (Å²) in [4.78, 5) is 33.3. The Kier molecular flexibility index (Phi) is 16.8. The summed E-state index contributed by atoms with van der Waals surface area (Å²) >= 11 is 0. The minimum absolute atomic E-state index is 0. The Balaban J connectivity index is 0. The molecule has 8 heteroatoms. The summed E-state index contributed by atoms with van der Waals surface area (Å²) < 4.78 is 0. The molecule has 7 nitrogen and oxygen atoms in total. The van der Waals surface area contributed by atoms with Gasteiger partial charge in [0, 0.05) is 37.7 Å². The minimum Gasteiger partial charge on any atom is -0.481 e. The Bertz CT molecular complexity index is 428. The molecule has 0 aromatic carbocycles. The standard InChI is InChI=1S/C18H32O7.Ca/c1-2-3-4-5-6-7-8-9-10-11-12-14(16(21)22)18(25,17(23)24)13-15(19)20;/h14,25H,2-13H2,1H3,(H,19,20)(H,21,22)(H,23,24);. The molecular weight excluding hydrogens is 368 g/mol. The zero-order valence-electron chi connectivity index (χ0n) is 15.8. The molecule has 0 amide bonds. The van der Waals surface area contributed by atoms with Gasteiger partial charge in [-0.25, -0.2) is 4.79 Å². The summed E-state index contributed by atoms with van der Waals surface area (Å²) in [7, 11) is 0. The maximum Gasteiger partial charge on any atom is 0.337 e. The molecule has 0 saturated carbocycles. The molecule has 0 saturated heterocycles. The average Bonchev–Trinajstić information content (AvgIpc) is 2.51. The van der Waals surface area contributed by atoms with E-state index in [0.29, 0.717) is 6.42 Å². The summed E-state index contributed by atoms with van der Waals surface area (Å²) in [5.74, 6) is -6.47. The Morgan fingerprint density at radius 2 is 1.23 bits per heavy atom. The molecular formula is C18H32CaO7. The number of rotatable bonds is 16. The van der Waals surface area contributed by atoms with Crippen molar-refractivity contribution in [1.29, 1.82) is 0 Å². The molecule has 0 aliphatic heterocycles. The fourth-order valence-corrected chi connectivity index (χ4v) is 2.98. The Hall–Kier alpha value is -0.370. The van der Waals surface area contributed by atoms with Gasteiger partial charge in [0.15, 0.2) is 5.60 Å². The van der Waals surface area contributed by atoms with Crippen LogP contribution in [0.25, 0.3) is 0 Å². The number of hydrogen-bond donors (Lipinski definition) is 4. The number of unbranched alkanes of at least 4 members (excludes halogenated alkanes) is 9. The fraction of sp³-hybridized carbons (Fsp3) is 0.833. The maximum atomic E-state index is 11.3. The molecule has 4 N–H and O–H groups in total. The Morgan fingerprint density at radius 1 is 0.808 bits per heavy atom. The van der Waals surface area contributed by atoms with Crippen LogP contribution in [0.3, 0.4) is 0 Å². The Labute approximate surface area is 185 Å². The third kappa shape index (κ3) is 11.4. The molecule has 0 heterocycles. The topological polar surface area (TPSA) is 132 Å². The molecule has 0 fully saturated rings. The molecule has 0 bridgehead atoms. The molecule has 0 aromatic heterocycles. The molecule has 2 unspecified atom stereocenters. The monoisotopic (exact) mass is 400 g/mol. The van der Waals surface area contributed by atoms with Gasteiger partial charge in [0.05, 0.1) is 12.3 Å². The molecule has 0 aromatic rings. The van der Waals surface area contributed by atoms with Crippen molar-refractivity contribution < 1.29 is 34.8 Å².